The SMILES string of the molecule is C=CCOc1c(OC)ccc2cc3[n+](cc12)CCc1cc(OC)c(OC)cc1-3.[Br-]. The van der Waals surface area contributed by atoms with Gasteiger partial charge in [0.25, 0.3) is 0 Å². The van der Waals surface area contributed by atoms with Crippen LogP contribution in [0.2, 0.25) is 0 Å². The van der Waals surface area contributed by atoms with Gasteiger partial charge in [0.2, 0.25) is 5.69 Å². The fourth-order valence-electron chi connectivity index (χ4n) is 3.79. The number of methoxy groups -OCH3 is 3. The number of ether oxygens (including phenoxy) is 4. The van der Waals surface area contributed by atoms with Crippen molar-refractivity contribution in [1.29, 1.82) is 0 Å². The van der Waals surface area contributed by atoms with E-state index in [4.69, 9.17) is 18.9 Å². The average Bonchev–Trinajstić information content (AvgIpc) is 2.74. The van der Waals surface area contributed by atoms with Crippen LogP contribution in [0.5, 0.6) is 23.0 Å². The Morgan fingerprint density at radius 3 is 2.41 bits per heavy atom. The summed E-state index contributed by atoms with van der Waals surface area (Å²) in [5.74, 6) is 2.96. The molecule has 0 atom stereocenters. The van der Waals surface area contributed by atoms with E-state index in [9.17, 15) is 0 Å². The Morgan fingerprint density at radius 2 is 1.72 bits per heavy atom. The van der Waals surface area contributed by atoms with Crippen LogP contribution in [-0.4, -0.2) is 27.9 Å². The van der Waals surface area contributed by atoms with E-state index in [0.717, 1.165) is 58.0 Å². The summed E-state index contributed by atoms with van der Waals surface area (Å²) < 4.78 is 24.7. The van der Waals surface area contributed by atoms with Gasteiger partial charge in [-0.15, -0.1) is 0 Å². The second-order valence-corrected chi connectivity index (χ2v) is 6.67. The first-order valence-corrected chi connectivity index (χ1v) is 9.23. The highest BCUT2D eigenvalue weighted by molar-refractivity contribution is 5.91. The standard InChI is InChI=1S/C23H24NO4.BrH/c1-5-10-28-23-18-14-24-9-8-16-12-21(26-3)22(27-4)13-17(16)19(24)11-15(18)6-7-20(23)25-2;/h5-7,11-14H,1,8-10H2,2-4H3;1H/q+1;/p-1. The molecule has 0 saturated carbocycles. The Hall–Kier alpha value is -2.73. The molecule has 3 aromatic rings. The maximum absolute atomic E-state index is 5.92. The maximum atomic E-state index is 5.92. The first-order chi connectivity index (χ1) is 13.7. The van der Waals surface area contributed by atoms with Crippen molar-refractivity contribution in [3.05, 3.63) is 54.7 Å². The molecule has 1 aromatic heterocycles. The quantitative estimate of drug-likeness (QED) is 0.408. The van der Waals surface area contributed by atoms with Gasteiger partial charge in [0.1, 0.15) is 6.61 Å². The normalized spacial score (nSPS) is 11.7. The lowest BCUT2D eigenvalue weighted by molar-refractivity contribution is -0.686. The van der Waals surface area contributed by atoms with Crippen LogP contribution in [0.15, 0.2) is 49.2 Å². The van der Waals surface area contributed by atoms with Gasteiger partial charge in [0.05, 0.1) is 32.3 Å². The number of hydrogen-bond acceptors (Lipinski definition) is 4. The predicted octanol–water partition coefficient (Wildman–Crippen LogP) is 0.945. The summed E-state index contributed by atoms with van der Waals surface area (Å²) in [5.41, 5.74) is 3.57. The second-order valence-electron chi connectivity index (χ2n) is 6.67. The molecule has 2 heterocycles. The third-order valence-electron chi connectivity index (χ3n) is 5.15. The van der Waals surface area contributed by atoms with Crippen LogP contribution in [0.3, 0.4) is 0 Å². The fraction of sp³-hybridized carbons (Fsp3) is 0.261. The number of halogens is 1. The van der Waals surface area contributed by atoms with E-state index in [1.54, 1.807) is 27.4 Å². The number of fused-ring (bicyclic) bond motifs is 4. The van der Waals surface area contributed by atoms with Gasteiger partial charge >= 0.3 is 0 Å². The Kier molecular flexibility index (Phi) is 6.33. The van der Waals surface area contributed by atoms with E-state index >= 15 is 0 Å². The first-order valence-electron chi connectivity index (χ1n) is 9.23. The molecule has 1 aliphatic rings. The number of aryl methyl sites for hydroxylation is 2. The lowest BCUT2D eigenvalue weighted by Crippen LogP contribution is -3.00. The Bertz CT molecular complexity index is 1060. The molecule has 152 valence electrons. The topological polar surface area (TPSA) is 40.8 Å². The van der Waals surface area contributed by atoms with Crippen molar-refractivity contribution in [3.8, 4) is 34.3 Å². The van der Waals surface area contributed by atoms with Gasteiger partial charge < -0.3 is 35.9 Å². The molecule has 1 aliphatic heterocycles. The lowest BCUT2D eigenvalue weighted by Gasteiger charge is -2.19. The summed E-state index contributed by atoms with van der Waals surface area (Å²) in [4.78, 5) is 0. The van der Waals surface area contributed by atoms with Crippen molar-refractivity contribution in [2.45, 2.75) is 13.0 Å². The first kappa shape index (κ1) is 21.0. The second kappa shape index (κ2) is 8.74. The third kappa shape index (κ3) is 3.65. The highest BCUT2D eigenvalue weighted by Crippen LogP contribution is 2.40. The summed E-state index contributed by atoms with van der Waals surface area (Å²) in [6.07, 6.45) is 4.80. The molecule has 4 rings (SSSR count). The summed E-state index contributed by atoms with van der Waals surface area (Å²) in [6, 6.07) is 10.3. The van der Waals surface area contributed by atoms with Crippen LogP contribution in [0.4, 0.5) is 0 Å². The number of pyridine rings is 1. The minimum atomic E-state index is 0. The van der Waals surface area contributed by atoms with Crippen molar-refractivity contribution >= 4 is 10.8 Å². The molecule has 0 amide bonds. The van der Waals surface area contributed by atoms with Crippen LogP contribution in [0, 0.1) is 0 Å². The summed E-state index contributed by atoms with van der Waals surface area (Å²) in [5, 5.41) is 2.11. The predicted molar refractivity (Wildman–Crippen MR) is 109 cm³/mol. The molecule has 0 fully saturated rings. The minimum absolute atomic E-state index is 0. The van der Waals surface area contributed by atoms with Crippen molar-refractivity contribution in [2.75, 3.05) is 27.9 Å². The molecule has 0 saturated heterocycles. The van der Waals surface area contributed by atoms with E-state index in [1.807, 2.05) is 6.07 Å². The van der Waals surface area contributed by atoms with Crippen molar-refractivity contribution < 1.29 is 40.5 Å². The largest absolute Gasteiger partial charge is 1.00 e. The average molecular weight is 458 g/mol. The van der Waals surface area contributed by atoms with Crippen molar-refractivity contribution in [1.82, 2.24) is 0 Å². The van der Waals surface area contributed by atoms with Crippen LogP contribution < -0.4 is 40.5 Å². The molecular weight excluding hydrogens is 434 g/mol. The molecule has 6 heteroatoms. The number of hydrogen-bond donors (Lipinski definition) is 0. The zero-order chi connectivity index (χ0) is 19.7. The smallest absolute Gasteiger partial charge is 0.213 e. The van der Waals surface area contributed by atoms with Crippen LogP contribution >= 0.6 is 0 Å². The Labute approximate surface area is 181 Å². The van der Waals surface area contributed by atoms with E-state index in [0.29, 0.717) is 6.61 Å². The van der Waals surface area contributed by atoms with Crippen LogP contribution in [0.1, 0.15) is 5.56 Å². The molecule has 2 aromatic carbocycles. The molecule has 0 unspecified atom stereocenters. The fourth-order valence-corrected chi connectivity index (χ4v) is 3.79. The summed E-state index contributed by atoms with van der Waals surface area (Å²) in [7, 11) is 4.99. The third-order valence-corrected chi connectivity index (χ3v) is 5.15. The Morgan fingerprint density at radius 1 is 1.00 bits per heavy atom. The van der Waals surface area contributed by atoms with Crippen molar-refractivity contribution in [3.63, 3.8) is 0 Å². The molecule has 5 nitrogen and oxygen atoms in total. The van der Waals surface area contributed by atoms with Crippen LogP contribution in [-0.2, 0) is 13.0 Å². The van der Waals surface area contributed by atoms with Gasteiger partial charge in [-0.2, -0.15) is 4.57 Å². The molecule has 0 N–H and O–H groups in total. The highest BCUT2D eigenvalue weighted by Gasteiger charge is 2.27. The van der Waals surface area contributed by atoms with Crippen molar-refractivity contribution in [2.24, 2.45) is 0 Å². The van der Waals surface area contributed by atoms with Gasteiger partial charge in [-0.3, -0.25) is 0 Å². The van der Waals surface area contributed by atoms with Gasteiger partial charge in [-0.05, 0) is 35.2 Å². The number of rotatable bonds is 6. The molecule has 0 radical (unpaired) electrons. The summed E-state index contributed by atoms with van der Waals surface area (Å²) >= 11 is 0. The molecule has 0 bridgehead atoms. The zero-order valence-electron chi connectivity index (χ0n) is 16.8. The molecule has 0 aliphatic carbocycles. The molecule has 29 heavy (non-hydrogen) atoms. The van der Waals surface area contributed by atoms with Gasteiger partial charge in [-0.25, -0.2) is 0 Å². The number of benzene rings is 2. The summed E-state index contributed by atoms with van der Waals surface area (Å²) in [6.45, 7) is 5.05. The maximum Gasteiger partial charge on any atom is 0.213 e. The lowest BCUT2D eigenvalue weighted by atomic mass is 9.95. The van der Waals surface area contributed by atoms with Gasteiger partial charge in [0, 0.05) is 12.5 Å². The minimum Gasteiger partial charge on any atom is -1.00 e. The van der Waals surface area contributed by atoms with E-state index < -0.39 is 0 Å². The highest BCUT2D eigenvalue weighted by atomic mass is 79.9. The van der Waals surface area contributed by atoms with Gasteiger partial charge in [0.15, 0.2) is 35.7 Å². The zero-order valence-corrected chi connectivity index (χ0v) is 18.4. The van der Waals surface area contributed by atoms with Crippen LogP contribution in [0.25, 0.3) is 22.0 Å². The number of nitrogens with zero attached hydrogens (tertiary/aromatic N) is 1. The molecular formula is C23H24BrNO4. The van der Waals surface area contributed by atoms with E-state index in [-0.39, 0.29) is 17.0 Å². The monoisotopic (exact) mass is 457 g/mol. The Balaban J connectivity index is 0.00000240. The molecule has 0 spiro atoms. The number of aromatic nitrogens is 1. The van der Waals surface area contributed by atoms with Gasteiger partial charge in [-0.1, -0.05) is 12.7 Å². The van der Waals surface area contributed by atoms with E-state index in [2.05, 4.69) is 41.6 Å². The van der Waals surface area contributed by atoms with E-state index in [1.165, 1.54) is 5.56 Å².